The highest BCUT2D eigenvalue weighted by Crippen LogP contribution is 2.22. The number of aliphatic hydroxyl groups excluding tert-OH is 1. The van der Waals surface area contributed by atoms with Gasteiger partial charge in [0.2, 0.25) is 0 Å². The van der Waals surface area contributed by atoms with E-state index < -0.39 is 6.10 Å². The molecular weight excluding hydrogens is 262 g/mol. The van der Waals surface area contributed by atoms with E-state index in [-0.39, 0.29) is 0 Å². The van der Waals surface area contributed by atoms with Crippen LogP contribution in [0.5, 0.6) is 0 Å². The molecule has 1 atom stereocenters. The molecule has 1 unspecified atom stereocenters. The zero-order valence-electron chi connectivity index (χ0n) is 11.1. The lowest BCUT2D eigenvalue weighted by atomic mass is 10.1. The van der Waals surface area contributed by atoms with Crippen LogP contribution in [-0.4, -0.2) is 11.7 Å². The second-order valence-corrected chi connectivity index (χ2v) is 5.01. The minimum atomic E-state index is -0.609. The number of rotatable bonds is 5. The minimum absolute atomic E-state index is 0.452. The fourth-order valence-electron chi connectivity index (χ4n) is 2.06. The van der Waals surface area contributed by atoms with Crippen molar-refractivity contribution in [1.29, 1.82) is 0 Å². The van der Waals surface area contributed by atoms with Crippen molar-refractivity contribution in [2.24, 2.45) is 0 Å². The van der Waals surface area contributed by atoms with Crippen LogP contribution >= 0.6 is 11.6 Å². The van der Waals surface area contributed by atoms with E-state index in [0.717, 1.165) is 22.6 Å². The van der Waals surface area contributed by atoms with E-state index in [9.17, 15) is 5.11 Å². The van der Waals surface area contributed by atoms with Gasteiger partial charge >= 0.3 is 0 Å². The van der Waals surface area contributed by atoms with Gasteiger partial charge in [-0.15, -0.1) is 0 Å². The van der Waals surface area contributed by atoms with Gasteiger partial charge in [0.15, 0.2) is 0 Å². The standard InChI is InChI=1S/C15H18ClNO2/c1-10-7-12(11(2)19-10)8-17-9-15(18)13-5-3-4-6-14(13)16/h3-7,15,17-18H,8-9H2,1-2H3. The SMILES string of the molecule is Cc1cc(CNCC(O)c2ccccc2Cl)c(C)o1. The summed E-state index contributed by atoms with van der Waals surface area (Å²) >= 11 is 6.04. The Labute approximate surface area is 118 Å². The van der Waals surface area contributed by atoms with E-state index in [0.29, 0.717) is 18.1 Å². The van der Waals surface area contributed by atoms with Crippen molar-refractivity contribution < 1.29 is 9.52 Å². The van der Waals surface area contributed by atoms with Crippen molar-refractivity contribution in [2.45, 2.75) is 26.5 Å². The lowest BCUT2D eigenvalue weighted by Gasteiger charge is -2.13. The summed E-state index contributed by atoms with van der Waals surface area (Å²) in [5, 5.41) is 13.9. The third kappa shape index (κ3) is 3.60. The zero-order chi connectivity index (χ0) is 13.8. The summed E-state index contributed by atoms with van der Waals surface area (Å²) in [6.07, 6.45) is -0.609. The molecule has 0 spiro atoms. The number of furan rings is 1. The number of hydrogen-bond donors (Lipinski definition) is 2. The van der Waals surface area contributed by atoms with Gasteiger partial charge in [0.25, 0.3) is 0 Å². The Morgan fingerprint density at radius 2 is 2.05 bits per heavy atom. The highest BCUT2D eigenvalue weighted by atomic mass is 35.5. The van der Waals surface area contributed by atoms with Crippen molar-refractivity contribution in [2.75, 3.05) is 6.54 Å². The van der Waals surface area contributed by atoms with E-state index in [4.69, 9.17) is 16.0 Å². The van der Waals surface area contributed by atoms with Crippen LogP contribution < -0.4 is 5.32 Å². The van der Waals surface area contributed by atoms with Crippen LogP contribution in [0.1, 0.15) is 28.8 Å². The van der Waals surface area contributed by atoms with Crippen molar-refractivity contribution >= 4 is 11.6 Å². The molecule has 0 aliphatic carbocycles. The van der Waals surface area contributed by atoms with Gasteiger partial charge in [-0.3, -0.25) is 0 Å². The number of hydrogen-bond acceptors (Lipinski definition) is 3. The molecule has 4 heteroatoms. The average Bonchev–Trinajstić information content (AvgIpc) is 2.68. The van der Waals surface area contributed by atoms with Crippen LogP contribution in [0.2, 0.25) is 5.02 Å². The molecule has 2 aromatic rings. The third-order valence-corrected chi connectivity index (χ3v) is 3.41. The van der Waals surface area contributed by atoms with Gasteiger partial charge in [-0.05, 0) is 26.0 Å². The average molecular weight is 280 g/mol. The molecule has 0 aliphatic heterocycles. The Balaban J connectivity index is 1.89. The molecule has 0 saturated carbocycles. The van der Waals surface area contributed by atoms with Crippen LogP contribution in [0.4, 0.5) is 0 Å². The Morgan fingerprint density at radius 3 is 2.68 bits per heavy atom. The van der Waals surface area contributed by atoms with E-state index in [1.54, 1.807) is 6.07 Å². The Morgan fingerprint density at radius 1 is 1.32 bits per heavy atom. The first-order valence-electron chi connectivity index (χ1n) is 6.27. The number of nitrogens with one attached hydrogen (secondary N) is 1. The van der Waals surface area contributed by atoms with Gasteiger partial charge in [0.05, 0.1) is 6.10 Å². The summed E-state index contributed by atoms with van der Waals surface area (Å²) in [6, 6.07) is 9.34. The van der Waals surface area contributed by atoms with Gasteiger partial charge in [0, 0.05) is 29.2 Å². The smallest absolute Gasteiger partial charge is 0.105 e. The first kappa shape index (κ1) is 14.1. The summed E-state index contributed by atoms with van der Waals surface area (Å²) in [5.74, 6) is 1.82. The van der Waals surface area contributed by atoms with E-state index in [1.165, 1.54) is 0 Å². The molecule has 0 bridgehead atoms. The van der Waals surface area contributed by atoms with Crippen LogP contribution in [0, 0.1) is 13.8 Å². The fraction of sp³-hybridized carbons (Fsp3) is 0.333. The molecule has 0 aliphatic rings. The minimum Gasteiger partial charge on any atom is -0.466 e. The molecule has 2 N–H and O–H groups in total. The number of aliphatic hydroxyl groups is 1. The monoisotopic (exact) mass is 279 g/mol. The summed E-state index contributed by atoms with van der Waals surface area (Å²) in [4.78, 5) is 0. The third-order valence-electron chi connectivity index (χ3n) is 3.06. The van der Waals surface area contributed by atoms with E-state index in [1.807, 2.05) is 38.1 Å². The maximum atomic E-state index is 10.1. The van der Waals surface area contributed by atoms with E-state index >= 15 is 0 Å². The lowest BCUT2D eigenvalue weighted by molar-refractivity contribution is 0.174. The largest absolute Gasteiger partial charge is 0.466 e. The molecule has 1 aromatic heterocycles. The van der Waals surface area contributed by atoms with Crippen LogP contribution in [-0.2, 0) is 6.54 Å². The molecule has 0 saturated heterocycles. The second kappa shape index (κ2) is 6.24. The van der Waals surface area contributed by atoms with Crippen molar-refractivity contribution in [3.63, 3.8) is 0 Å². The molecule has 0 fully saturated rings. The molecule has 19 heavy (non-hydrogen) atoms. The van der Waals surface area contributed by atoms with Crippen LogP contribution in [0.25, 0.3) is 0 Å². The van der Waals surface area contributed by atoms with Gasteiger partial charge in [-0.2, -0.15) is 0 Å². The molecule has 3 nitrogen and oxygen atoms in total. The van der Waals surface area contributed by atoms with Crippen molar-refractivity contribution in [3.05, 3.63) is 58.0 Å². The highest BCUT2D eigenvalue weighted by molar-refractivity contribution is 6.31. The van der Waals surface area contributed by atoms with Gasteiger partial charge < -0.3 is 14.8 Å². The maximum Gasteiger partial charge on any atom is 0.105 e. The number of aryl methyl sites for hydroxylation is 2. The Kier molecular flexibility index (Phi) is 4.64. The van der Waals surface area contributed by atoms with Crippen molar-refractivity contribution in [3.8, 4) is 0 Å². The van der Waals surface area contributed by atoms with Crippen LogP contribution in [0.15, 0.2) is 34.7 Å². The lowest BCUT2D eigenvalue weighted by Crippen LogP contribution is -2.21. The first-order valence-corrected chi connectivity index (χ1v) is 6.65. The molecule has 102 valence electrons. The summed E-state index contributed by atoms with van der Waals surface area (Å²) < 4.78 is 5.45. The Bertz CT molecular complexity index is 551. The molecule has 0 amide bonds. The Hall–Kier alpha value is -1.29. The first-order chi connectivity index (χ1) is 9.08. The normalized spacial score (nSPS) is 12.6. The van der Waals surface area contributed by atoms with Gasteiger partial charge in [0.1, 0.15) is 11.5 Å². The molecule has 2 rings (SSSR count). The quantitative estimate of drug-likeness (QED) is 0.882. The predicted octanol–water partition coefficient (Wildman–Crippen LogP) is 3.37. The molecular formula is C15H18ClNO2. The van der Waals surface area contributed by atoms with Crippen LogP contribution in [0.3, 0.4) is 0 Å². The summed E-state index contributed by atoms with van der Waals surface area (Å²) in [7, 11) is 0. The number of halogens is 1. The van der Waals surface area contributed by atoms with E-state index in [2.05, 4.69) is 5.32 Å². The van der Waals surface area contributed by atoms with Gasteiger partial charge in [-0.1, -0.05) is 29.8 Å². The summed E-state index contributed by atoms with van der Waals surface area (Å²) in [5.41, 5.74) is 1.86. The number of benzene rings is 1. The fourth-order valence-corrected chi connectivity index (χ4v) is 2.32. The maximum absolute atomic E-state index is 10.1. The molecule has 1 heterocycles. The summed E-state index contributed by atoms with van der Waals surface area (Å²) in [6.45, 7) is 4.99. The molecule has 1 aromatic carbocycles. The van der Waals surface area contributed by atoms with Gasteiger partial charge in [-0.25, -0.2) is 0 Å². The highest BCUT2D eigenvalue weighted by Gasteiger charge is 2.11. The molecule has 0 radical (unpaired) electrons. The zero-order valence-corrected chi connectivity index (χ0v) is 11.9. The predicted molar refractivity (Wildman–Crippen MR) is 76.3 cm³/mol. The second-order valence-electron chi connectivity index (χ2n) is 4.61. The topological polar surface area (TPSA) is 45.4 Å². The van der Waals surface area contributed by atoms with Crippen molar-refractivity contribution in [1.82, 2.24) is 5.32 Å².